The number of aromatic carboxylic acids is 2. The van der Waals surface area contributed by atoms with Gasteiger partial charge in [0.05, 0.1) is 22.5 Å². The van der Waals surface area contributed by atoms with E-state index in [9.17, 15) is 19.8 Å². The summed E-state index contributed by atoms with van der Waals surface area (Å²) < 4.78 is 0. The summed E-state index contributed by atoms with van der Waals surface area (Å²) in [6, 6.07) is 16.2. The zero-order valence-corrected chi connectivity index (χ0v) is 18.3. The average molecular weight is 456 g/mol. The van der Waals surface area contributed by atoms with E-state index in [-0.39, 0.29) is 22.5 Å². The molecule has 34 heavy (non-hydrogen) atoms. The summed E-state index contributed by atoms with van der Waals surface area (Å²) in [5.41, 5.74) is 0.364. The molecule has 4 aromatic rings. The quantitative estimate of drug-likeness (QED) is 0.422. The van der Waals surface area contributed by atoms with Crippen molar-refractivity contribution in [3.05, 3.63) is 84.2 Å². The van der Waals surface area contributed by atoms with Crippen LogP contribution in [0.2, 0.25) is 0 Å². The van der Waals surface area contributed by atoms with Gasteiger partial charge in [-0.3, -0.25) is 0 Å². The van der Waals surface area contributed by atoms with Crippen LogP contribution in [0.5, 0.6) is 0 Å². The zero-order valence-electron chi connectivity index (χ0n) is 18.3. The third-order valence-corrected chi connectivity index (χ3v) is 5.05. The predicted molar refractivity (Wildman–Crippen MR) is 126 cm³/mol. The minimum atomic E-state index is -1.15. The van der Waals surface area contributed by atoms with Crippen LogP contribution >= 0.6 is 0 Å². The van der Waals surface area contributed by atoms with Gasteiger partial charge in [0, 0.05) is 26.5 Å². The van der Waals surface area contributed by atoms with E-state index in [1.54, 1.807) is 72.7 Å². The molecule has 0 fully saturated rings. The van der Waals surface area contributed by atoms with Crippen LogP contribution in [-0.4, -0.2) is 56.2 Å². The van der Waals surface area contributed by atoms with Crippen LogP contribution in [0.15, 0.2) is 73.1 Å². The smallest absolute Gasteiger partial charge is 0.335 e. The maximum Gasteiger partial charge on any atom is 0.335 e. The van der Waals surface area contributed by atoms with Crippen LogP contribution in [0.3, 0.4) is 0 Å². The minimum Gasteiger partial charge on any atom is -0.478 e. The number of pyridine rings is 4. The van der Waals surface area contributed by atoms with Crippen molar-refractivity contribution in [1.82, 2.24) is 19.9 Å². The standard InChI is InChI=1S/C24H20N6O4/c1-29(19-7-3-5-9-25-19)21-13-15(23(31)32)11-17(27-21)18-12-16(24(33)34)14-22(28-18)30(2)20-8-4-6-10-26-20/h3-14H,1-2H3,(H,31,32)(H,33,34). The van der Waals surface area contributed by atoms with Crippen LogP contribution in [-0.2, 0) is 0 Å². The van der Waals surface area contributed by atoms with Gasteiger partial charge in [-0.15, -0.1) is 0 Å². The van der Waals surface area contributed by atoms with Crippen LogP contribution < -0.4 is 9.80 Å². The lowest BCUT2D eigenvalue weighted by atomic mass is 10.1. The predicted octanol–water partition coefficient (Wildman–Crippen LogP) is 3.87. The van der Waals surface area contributed by atoms with Gasteiger partial charge < -0.3 is 20.0 Å². The lowest BCUT2D eigenvalue weighted by molar-refractivity contribution is 0.0686. The average Bonchev–Trinajstić information content (AvgIpc) is 2.88. The molecule has 0 radical (unpaired) electrons. The Bertz CT molecular complexity index is 1240. The topological polar surface area (TPSA) is 133 Å². The molecule has 4 heterocycles. The molecule has 0 bridgehead atoms. The highest BCUT2D eigenvalue weighted by Gasteiger charge is 2.18. The second-order valence-electron chi connectivity index (χ2n) is 7.30. The van der Waals surface area contributed by atoms with Crippen molar-refractivity contribution in [2.24, 2.45) is 0 Å². The van der Waals surface area contributed by atoms with Crippen LogP contribution in [0.1, 0.15) is 20.7 Å². The van der Waals surface area contributed by atoms with E-state index < -0.39 is 11.9 Å². The lowest BCUT2D eigenvalue weighted by Crippen LogP contribution is -2.15. The molecule has 0 unspecified atom stereocenters. The molecule has 0 aliphatic rings. The summed E-state index contributed by atoms with van der Waals surface area (Å²) in [6.07, 6.45) is 3.23. The zero-order chi connectivity index (χ0) is 24.2. The summed E-state index contributed by atoms with van der Waals surface area (Å²) in [5.74, 6) is -0.553. The van der Waals surface area contributed by atoms with Crippen molar-refractivity contribution < 1.29 is 19.8 Å². The number of carboxylic acid groups (broad SMARTS) is 2. The van der Waals surface area contributed by atoms with Gasteiger partial charge in [-0.05, 0) is 48.5 Å². The summed E-state index contributed by atoms with van der Waals surface area (Å²) in [5, 5.41) is 19.3. The normalized spacial score (nSPS) is 10.5. The highest BCUT2D eigenvalue weighted by atomic mass is 16.4. The Balaban J connectivity index is 1.86. The second-order valence-corrected chi connectivity index (χ2v) is 7.30. The molecule has 0 saturated carbocycles. The van der Waals surface area contributed by atoms with Gasteiger partial charge in [0.1, 0.15) is 23.3 Å². The van der Waals surface area contributed by atoms with Crippen LogP contribution in [0, 0.1) is 0 Å². The first-order valence-electron chi connectivity index (χ1n) is 10.1. The Morgan fingerprint density at radius 3 is 1.38 bits per heavy atom. The first-order chi connectivity index (χ1) is 16.3. The van der Waals surface area contributed by atoms with Crippen LogP contribution in [0.4, 0.5) is 23.3 Å². The summed E-state index contributed by atoms with van der Waals surface area (Å²) in [7, 11) is 3.42. The molecule has 2 N–H and O–H groups in total. The third kappa shape index (κ3) is 4.65. The minimum absolute atomic E-state index is 0.0232. The molecule has 10 heteroatoms. The van der Waals surface area contributed by atoms with E-state index in [2.05, 4.69) is 19.9 Å². The second kappa shape index (κ2) is 9.33. The van der Waals surface area contributed by atoms with E-state index in [4.69, 9.17) is 0 Å². The highest BCUT2D eigenvalue weighted by molar-refractivity contribution is 5.92. The fraction of sp³-hybridized carbons (Fsp3) is 0.0833. The molecular formula is C24H20N6O4. The van der Waals surface area contributed by atoms with Gasteiger partial charge in [-0.1, -0.05) is 12.1 Å². The molecule has 4 rings (SSSR count). The third-order valence-electron chi connectivity index (χ3n) is 5.05. The van der Waals surface area contributed by atoms with Crippen molar-refractivity contribution in [2.75, 3.05) is 23.9 Å². The van der Waals surface area contributed by atoms with Crippen molar-refractivity contribution >= 4 is 35.2 Å². The van der Waals surface area contributed by atoms with Gasteiger partial charge in [-0.2, -0.15) is 0 Å². The van der Waals surface area contributed by atoms with Gasteiger partial charge in [0.2, 0.25) is 0 Å². The Morgan fingerprint density at radius 2 is 1.06 bits per heavy atom. The number of nitrogens with zero attached hydrogens (tertiary/aromatic N) is 6. The first kappa shape index (κ1) is 22.3. The SMILES string of the molecule is CN(c1ccccn1)c1cc(C(=O)O)cc(-c2cc(C(=O)O)cc(N(C)c3ccccn3)n2)n1. The Kier molecular flexibility index (Phi) is 6.13. The Morgan fingerprint density at radius 1 is 0.647 bits per heavy atom. The number of aromatic nitrogens is 4. The molecule has 0 atom stereocenters. The van der Waals surface area contributed by atoms with Gasteiger partial charge in [0.25, 0.3) is 0 Å². The summed E-state index contributed by atoms with van der Waals surface area (Å²) >= 11 is 0. The summed E-state index contributed by atoms with van der Waals surface area (Å²) in [6.45, 7) is 0. The molecule has 4 aromatic heterocycles. The molecule has 170 valence electrons. The van der Waals surface area contributed by atoms with E-state index in [0.29, 0.717) is 23.3 Å². The van der Waals surface area contributed by atoms with Gasteiger partial charge >= 0.3 is 11.9 Å². The van der Waals surface area contributed by atoms with Crippen LogP contribution in [0.25, 0.3) is 11.4 Å². The van der Waals surface area contributed by atoms with Crippen molar-refractivity contribution in [3.63, 3.8) is 0 Å². The van der Waals surface area contributed by atoms with Crippen molar-refractivity contribution in [2.45, 2.75) is 0 Å². The number of anilines is 4. The summed E-state index contributed by atoms with van der Waals surface area (Å²) in [4.78, 5) is 44.6. The molecule has 10 nitrogen and oxygen atoms in total. The largest absolute Gasteiger partial charge is 0.478 e. The van der Waals surface area contributed by atoms with E-state index in [0.717, 1.165) is 0 Å². The highest BCUT2D eigenvalue weighted by Crippen LogP contribution is 2.29. The van der Waals surface area contributed by atoms with Crippen molar-refractivity contribution in [1.29, 1.82) is 0 Å². The number of carbonyl (C=O) groups is 2. The van der Waals surface area contributed by atoms with E-state index in [1.165, 1.54) is 24.3 Å². The number of hydrogen-bond donors (Lipinski definition) is 2. The van der Waals surface area contributed by atoms with Crippen molar-refractivity contribution in [3.8, 4) is 11.4 Å². The van der Waals surface area contributed by atoms with Gasteiger partial charge in [0.15, 0.2) is 0 Å². The lowest BCUT2D eigenvalue weighted by Gasteiger charge is -2.20. The monoisotopic (exact) mass is 456 g/mol. The molecular weight excluding hydrogens is 436 g/mol. The number of rotatable bonds is 7. The maximum absolute atomic E-state index is 11.8. The van der Waals surface area contributed by atoms with E-state index in [1.807, 2.05) is 0 Å². The molecule has 0 spiro atoms. The Hall–Kier alpha value is -4.86. The fourth-order valence-corrected chi connectivity index (χ4v) is 3.22. The molecule has 0 aliphatic carbocycles. The molecule has 0 aliphatic heterocycles. The molecule has 0 aromatic carbocycles. The molecule has 0 saturated heterocycles. The first-order valence-corrected chi connectivity index (χ1v) is 10.1. The van der Waals surface area contributed by atoms with E-state index >= 15 is 0 Å². The maximum atomic E-state index is 11.8. The molecule has 0 amide bonds. The number of hydrogen-bond acceptors (Lipinski definition) is 8. The number of carboxylic acids is 2. The van der Waals surface area contributed by atoms with Gasteiger partial charge in [-0.25, -0.2) is 29.5 Å². The fourth-order valence-electron chi connectivity index (χ4n) is 3.22. The Labute approximate surface area is 194 Å².